The third-order valence-electron chi connectivity index (χ3n) is 3.50. The molecule has 1 amide bonds. The van der Waals surface area contributed by atoms with Crippen molar-refractivity contribution in [3.8, 4) is 0 Å². The summed E-state index contributed by atoms with van der Waals surface area (Å²) in [5.74, 6) is 1.54. The van der Waals surface area contributed by atoms with Crippen LogP contribution in [0.3, 0.4) is 0 Å². The first-order valence-electron chi connectivity index (χ1n) is 7.61. The number of nitrogens with one attached hydrogen (secondary N) is 1. The summed E-state index contributed by atoms with van der Waals surface area (Å²) in [7, 11) is 1.92. The molecule has 0 aliphatic carbocycles. The van der Waals surface area contributed by atoms with E-state index in [2.05, 4.69) is 21.9 Å². The van der Waals surface area contributed by atoms with Crippen molar-refractivity contribution in [1.29, 1.82) is 0 Å². The number of anilines is 1. The van der Waals surface area contributed by atoms with Crippen molar-refractivity contribution in [2.45, 2.75) is 20.4 Å². The van der Waals surface area contributed by atoms with Gasteiger partial charge in [0.05, 0.1) is 12.1 Å². The Morgan fingerprint density at radius 3 is 2.70 bits per heavy atom. The van der Waals surface area contributed by atoms with Crippen LogP contribution in [0.5, 0.6) is 0 Å². The highest BCUT2D eigenvalue weighted by molar-refractivity contribution is 5.94. The van der Waals surface area contributed by atoms with E-state index in [1.165, 1.54) is 0 Å². The van der Waals surface area contributed by atoms with Gasteiger partial charge in [0.2, 0.25) is 0 Å². The van der Waals surface area contributed by atoms with Gasteiger partial charge in [0.25, 0.3) is 5.91 Å². The molecule has 0 aromatic carbocycles. The summed E-state index contributed by atoms with van der Waals surface area (Å²) in [5.41, 5.74) is 1.60. The molecule has 0 bridgehead atoms. The second kappa shape index (κ2) is 7.58. The molecule has 0 aliphatic heterocycles. The molecule has 0 fully saturated rings. The third-order valence-corrected chi connectivity index (χ3v) is 3.50. The number of aromatic nitrogens is 3. The summed E-state index contributed by atoms with van der Waals surface area (Å²) in [6, 6.07) is 3.60. The molecule has 2 aromatic heterocycles. The minimum Gasteiger partial charge on any atom is -0.366 e. The average Bonchev–Trinajstić information content (AvgIpc) is 2.95. The molecule has 0 saturated carbocycles. The molecule has 0 saturated heterocycles. The van der Waals surface area contributed by atoms with Gasteiger partial charge in [-0.1, -0.05) is 12.2 Å². The van der Waals surface area contributed by atoms with Gasteiger partial charge in [0, 0.05) is 38.7 Å². The van der Waals surface area contributed by atoms with E-state index in [1.807, 2.05) is 37.7 Å². The smallest absolute Gasteiger partial charge is 0.255 e. The van der Waals surface area contributed by atoms with Gasteiger partial charge in [-0.3, -0.25) is 4.79 Å². The van der Waals surface area contributed by atoms with Gasteiger partial charge >= 0.3 is 0 Å². The van der Waals surface area contributed by atoms with Crippen LogP contribution in [0.1, 0.15) is 30.0 Å². The van der Waals surface area contributed by atoms with Crippen molar-refractivity contribution < 1.29 is 4.79 Å². The lowest BCUT2D eigenvalue weighted by Crippen LogP contribution is -2.31. The number of carbonyl (C=O) groups excluding carboxylic acids is 1. The number of rotatable bonds is 7. The number of nitrogens with zero attached hydrogens (tertiary/aromatic N) is 4. The van der Waals surface area contributed by atoms with Crippen molar-refractivity contribution in [3.63, 3.8) is 0 Å². The maximum Gasteiger partial charge on any atom is 0.255 e. The van der Waals surface area contributed by atoms with Crippen LogP contribution in [0.25, 0.3) is 0 Å². The van der Waals surface area contributed by atoms with E-state index in [4.69, 9.17) is 0 Å². The monoisotopic (exact) mass is 313 g/mol. The van der Waals surface area contributed by atoms with Crippen LogP contribution in [-0.2, 0) is 13.6 Å². The average molecular weight is 313 g/mol. The number of aryl methyl sites for hydroxylation is 1. The molecule has 0 atom stereocenters. The standard InChI is InChI=1S/C17H23N5O/c1-5-22(12-16-18-8-9-21(16)4)17(23)14-6-7-15(20-11-14)19-10-13(2)3/h6-9,11H,2,5,10,12H2,1,3-4H3,(H,19,20). The molecule has 6 nitrogen and oxygen atoms in total. The maximum absolute atomic E-state index is 12.6. The van der Waals surface area contributed by atoms with Crippen molar-refractivity contribution in [1.82, 2.24) is 19.4 Å². The second-order valence-corrected chi connectivity index (χ2v) is 5.52. The van der Waals surface area contributed by atoms with Crippen LogP contribution in [0.4, 0.5) is 5.82 Å². The fourth-order valence-electron chi connectivity index (χ4n) is 2.10. The van der Waals surface area contributed by atoms with Crippen LogP contribution in [0.2, 0.25) is 0 Å². The highest BCUT2D eigenvalue weighted by Crippen LogP contribution is 2.11. The highest BCUT2D eigenvalue weighted by Gasteiger charge is 2.16. The first-order valence-corrected chi connectivity index (χ1v) is 7.61. The Labute approximate surface area is 136 Å². The van der Waals surface area contributed by atoms with Gasteiger partial charge in [0.15, 0.2) is 0 Å². The molecule has 122 valence electrons. The molecular weight excluding hydrogens is 290 g/mol. The molecule has 6 heteroatoms. The SMILES string of the molecule is C=C(C)CNc1ccc(C(=O)N(CC)Cc2nccn2C)cn1. The first kappa shape index (κ1) is 16.7. The van der Waals surface area contributed by atoms with Crippen molar-refractivity contribution >= 4 is 11.7 Å². The number of hydrogen-bond donors (Lipinski definition) is 1. The van der Waals surface area contributed by atoms with E-state index in [9.17, 15) is 4.79 Å². The van der Waals surface area contributed by atoms with Crippen LogP contribution in [0, 0.1) is 0 Å². The fraction of sp³-hybridized carbons (Fsp3) is 0.353. The van der Waals surface area contributed by atoms with Crippen molar-refractivity contribution in [2.24, 2.45) is 7.05 Å². The van der Waals surface area contributed by atoms with E-state index in [0.29, 0.717) is 25.2 Å². The van der Waals surface area contributed by atoms with E-state index in [-0.39, 0.29) is 5.91 Å². The zero-order valence-corrected chi connectivity index (χ0v) is 13.9. The van der Waals surface area contributed by atoms with Gasteiger partial charge < -0.3 is 14.8 Å². The molecule has 0 radical (unpaired) electrons. The lowest BCUT2D eigenvalue weighted by molar-refractivity contribution is 0.0747. The van der Waals surface area contributed by atoms with Crippen molar-refractivity contribution in [3.05, 3.63) is 54.3 Å². The second-order valence-electron chi connectivity index (χ2n) is 5.52. The molecule has 1 N–H and O–H groups in total. The number of hydrogen-bond acceptors (Lipinski definition) is 4. The van der Waals surface area contributed by atoms with Crippen LogP contribution in [-0.4, -0.2) is 38.4 Å². The third kappa shape index (κ3) is 4.42. The molecule has 0 spiro atoms. The highest BCUT2D eigenvalue weighted by atomic mass is 16.2. The quantitative estimate of drug-likeness (QED) is 0.798. The van der Waals surface area contributed by atoms with E-state index in [0.717, 1.165) is 17.2 Å². The van der Waals surface area contributed by atoms with E-state index in [1.54, 1.807) is 23.4 Å². The van der Waals surface area contributed by atoms with Gasteiger partial charge in [-0.05, 0) is 26.0 Å². The van der Waals surface area contributed by atoms with Gasteiger partial charge in [0.1, 0.15) is 11.6 Å². The summed E-state index contributed by atoms with van der Waals surface area (Å²) < 4.78 is 1.92. The molecule has 0 aliphatic rings. The fourth-order valence-corrected chi connectivity index (χ4v) is 2.10. The minimum atomic E-state index is -0.0468. The number of imidazole rings is 1. The Morgan fingerprint density at radius 1 is 1.39 bits per heavy atom. The predicted octanol–water partition coefficient (Wildman–Crippen LogP) is 2.47. The molecule has 2 aromatic rings. The predicted molar refractivity (Wildman–Crippen MR) is 91.2 cm³/mol. The minimum absolute atomic E-state index is 0.0468. The van der Waals surface area contributed by atoms with E-state index < -0.39 is 0 Å². The van der Waals surface area contributed by atoms with Gasteiger partial charge in [-0.2, -0.15) is 0 Å². The Hall–Kier alpha value is -2.63. The maximum atomic E-state index is 12.6. The lowest BCUT2D eigenvalue weighted by Gasteiger charge is -2.20. The molecule has 0 unspecified atom stereocenters. The number of amides is 1. The summed E-state index contributed by atoms with van der Waals surface area (Å²) >= 11 is 0. The molecule has 2 heterocycles. The molecule has 2 rings (SSSR count). The van der Waals surface area contributed by atoms with E-state index >= 15 is 0 Å². The summed E-state index contributed by atoms with van der Waals surface area (Å²) in [6.45, 7) is 9.50. The van der Waals surface area contributed by atoms with Gasteiger partial charge in [-0.25, -0.2) is 9.97 Å². The Bertz CT molecular complexity index is 675. The number of pyridine rings is 1. The van der Waals surface area contributed by atoms with Crippen LogP contribution >= 0.6 is 0 Å². The van der Waals surface area contributed by atoms with Crippen LogP contribution in [0.15, 0.2) is 42.9 Å². The Balaban J connectivity index is 2.05. The zero-order valence-electron chi connectivity index (χ0n) is 13.9. The normalized spacial score (nSPS) is 10.4. The van der Waals surface area contributed by atoms with Crippen LogP contribution < -0.4 is 5.32 Å². The Morgan fingerprint density at radius 2 is 2.17 bits per heavy atom. The van der Waals surface area contributed by atoms with Crippen molar-refractivity contribution in [2.75, 3.05) is 18.4 Å². The summed E-state index contributed by atoms with van der Waals surface area (Å²) in [6.07, 6.45) is 5.21. The molecular formula is C17H23N5O. The topological polar surface area (TPSA) is 63.1 Å². The van der Waals surface area contributed by atoms with Gasteiger partial charge in [-0.15, -0.1) is 0 Å². The lowest BCUT2D eigenvalue weighted by atomic mass is 10.2. The zero-order chi connectivity index (χ0) is 16.8. The molecule has 23 heavy (non-hydrogen) atoms. The number of carbonyl (C=O) groups is 1. The summed E-state index contributed by atoms with van der Waals surface area (Å²) in [4.78, 5) is 22.9. The largest absolute Gasteiger partial charge is 0.366 e. The Kier molecular flexibility index (Phi) is 5.51. The summed E-state index contributed by atoms with van der Waals surface area (Å²) in [5, 5.41) is 3.15. The first-order chi connectivity index (χ1) is 11.0.